The molecule has 0 radical (unpaired) electrons. The summed E-state index contributed by atoms with van der Waals surface area (Å²) < 4.78 is 16.5. The average Bonchev–Trinajstić information content (AvgIpc) is 3.39. The number of aromatic nitrogens is 6. The first kappa shape index (κ1) is 17.6. The maximum Gasteiger partial charge on any atom is 0.250 e. The minimum absolute atomic E-state index is 0.231. The molecule has 29 heavy (non-hydrogen) atoms. The summed E-state index contributed by atoms with van der Waals surface area (Å²) in [6.07, 6.45) is 0.444. The van der Waals surface area contributed by atoms with Gasteiger partial charge in [0, 0.05) is 12.0 Å². The molecule has 0 unspecified atom stereocenters. The van der Waals surface area contributed by atoms with Crippen LogP contribution >= 0.6 is 11.6 Å². The van der Waals surface area contributed by atoms with Crippen molar-refractivity contribution in [1.29, 1.82) is 0 Å². The Kier molecular flexibility index (Phi) is 4.57. The Morgan fingerprint density at radius 2 is 1.93 bits per heavy atom. The molecule has 1 aliphatic rings. The van der Waals surface area contributed by atoms with Crippen LogP contribution < -0.4 is 9.47 Å². The molecule has 2 aromatic heterocycles. The number of tetrazole rings is 1. The van der Waals surface area contributed by atoms with Gasteiger partial charge in [-0.15, -0.1) is 10.2 Å². The summed E-state index contributed by atoms with van der Waals surface area (Å²) >= 11 is 6.28. The van der Waals surface area contributed by atoms with Gasteiger partial charge in [0.25, 0.3) is 0 Å². The van der Waals surface area contributed by atoms with E-state index >= 15 is 0 Å². The van der Waals surface area contributed by atoms with Crippen LogP contribution in [0.3, 0.4) is 0 Å². The van der Waals surface area contributed by atoms with Crippen molar-refractivity contribution in [3.05, 3.63) is 64.8 Å². The highest BCUT2D eigenvalue weighted by atomic mass is 35.5. The largest absolute Gasteiger partial charge is 0.486 e. The van der Waals surface area contributed by atoms with Gasteiger partial charge >= 0.3 is 0 Å². The Bertz CT molecular complexity index is 1140. The Labute approximate surface area is 170 Å². The van der Waals surface area contributed by atoms with Gasteiger partial charge in [-0.05, 0) is 22.9 Å². The lowest BCUT2D eigenvalue weighted by Crippen LogP contribution is -2.15. The number of rotatable bonds is 5. The molecule has 0 bridgehead atoms. The molecular formula is C19H15ClN6O3. The third-order valence-electron chi connectivity index (χ3n) is 4.29. The minimum Gasteiger partial charge on any atom is -0.486 e. The van der Waals surface area contributed by atoms with Crippen molar-refractivity contribution in [2.45, 2.75) is 13.0 Å². The lowest BCUT2D eigenvalue weighted by Gasteiger charge is -2.20. The van der Waals surface area contributed by atoms with Crippen LogP contribution in [0.2, 0.25) is 5.02 Å². The number of benzene rings is 2. The second-order valence-corrected chi connectivity index (χ2v) is 6.80. The average molecular weight is 411 g/mol. The maximum absolute atomic E-state index is 6.28. The van der Waals surface area contributed by atoms with Crippen LogP contribution in [0.5, 0.6) is 11.5 Å². The predicted molar refractivity (Wildman–Crippen MR) is 102 cm³/mol. The molecule has 1 aliphatic heterocycles. The SMILES string of the molecule is Clc1cc(Cc2noc(Cn3nnc(-c4ccccc4)n3)n2)cc2c1OCCO2. The molecule has 0 atom stereocenters. The van der Waals surface area contributed by atoms with Crippen LogP contribution in [0.1, 0.15) is 17.3 Å². The van der Waals surface area contributed by atoms with Gasteiger partial charge in [0.15, 0.2) is 17.3 Å². The maximum atomic E-state index is 6.28. The van der Waals surface area contributed by atoms with E-state index in [2.05, 4.69) is 25.6 Å². The van der Waals surface area contributed by atoms with Gasteiger partial charge in [-0.2, -0.15) is 9.78 Å². The topological polar surface area (TPSA) is 101 Å². The second kappa shape index (κ2) is 7.51. The molecule has 9 nitrogen and oxygen atoms in total. The fourth-order valence-corrected chi connectivity index (χ4v) is 3.30. The Morgan fingerprint density at radius 1 is 1.07 bits per heavy atom. The number of fused-ring (bicyclic) bond motifs is 1. The van der Waals surface area contributed by atoms with E-state index in [1.54, 1.807) is 0 Å². The molecule has 0 fully saturated rings. The zero-order valence-corrected chi connectivity index (χ0v) is 15.9. The molecule has 0 N–H and O–H groups in total. The molecule has 10 heteroatoms. The van der Waals surface area contributed by atoms with Gasteiger partial charge in [-0.3, -0.25) is 0 Å². The van der Waals surface area contributed by atoms with Gasteiger partial charge in [0.2, 0.25) is 11.7 Å². The summed E-state index contributed by atoms with van der Waals surface area (Å²) in [6.45, 7) is 1.21. The molecule has 0 saturated heterocycles. The zero-order chi connectivity index (χ0) is 19.6. The summed E-state index contributed by atoms with van der Waals surface area (Å²) in [5.41, 5.74) is 1.79. The summed E-state index contributed by atoms with van der Waals surface area (Å²) in [5, 5.41) is 17.0. The number of hydrogen-bond acceptors (Lipinski definition) is 8. The third kappa shape index (κ3) is 3.77. The molecule has 3 heterocycles. The van der Waals surface area contributed by atoms with Crippen molar-refractivity contribution in [3.63, 3.8) is 0 Å². The van der Waals surface area contributed by atoms with E-state index in [9.17, 15) is 0 Å². The van der Waals surface area contributed by atoms with Gasteiger partial charge in [-0.25, -0.2) is 0 Å². The quantitative estimate of drug-likeness (QED) is 0.495. The molecule has 0 saturated carbocycles. The highest BCUT2D eigenvalue weighted by Gasteiger charge is 2.18. The van der Waals surface area contributed by atoms with E-state index in [1.165, 1.54) is 4.80 Å². The van der Waals surface area contributed by atoms with Crippen molar-refractivity contribution >= 4 is 11.6 Å². The van der Waals surface area contributed by atoms with E-state index in [-0.39, 0.29) is 6.54 Å². The van der Waals surface area contributed by atoms with Gasteiger partial charge in [0.1, 0.15) is 19.8 Å². The first-order chi connectivity index (χ1) is 14.2. The molecule has 0 aliphatic carbocycles. The number of halogens is 1. The normalized spacial score (nSPS) is 12.9. The molecular weight excluding hydrogens is 396 g/mol. The molecule has 146 valence electrons. The van der Waals surface area contributed by atoms with Gasteiger partial charge in [0.05, 0.1) is 5.02 Å². The van der Waals surface area contributed by atoms with Crippen LogP contribution in [0.15, 0.2) is 47.0 Å². The summed E-state index contributed by atoms with van der Waals surface area (Å²) in [6, 6.07) is 13.3. The Morgan fingerprint density at radius 3 is 2.83 bits per heavy atom. The standard InChI is InChI=1S/C19H15ClN6O3/c20-14-8-12(9-15-18(14)28-7-6-27-15)10-16-21-17(29-24-16)11-26-23-19(22-25-26)13-4-2-1-3-5-13/h1-5,8-9H,6-7,10-11H2. The first-order valence-electron chi connectivity index (χ1n) is 8.97. The Hall–Kier alpha value is -3.46. The van der Waals surface area contributed by atoms with Crippen LogP contribution in [0, 0.1) is 0 Å². The summed E-state index contributed by atoms with van der Waals surface area (Å²) in [7, 11) is 0. The monoisotopic (exact) mass is 410 g/mol. The fraction of sp³-hybridized carbons (Fsp3) is 0.211. The van der Waals surface area contributed by atoms with Crippen molar-refractivity contribution in [3.8, 4) is 22.9 Å². The van der Waals surface area contributed by atoms with Gasteiger partial charge < -0.3 is 14.0 Å². The zero-order valence-electron chi connectivity index (χ0n) is 15.2. The predicted octanol–water partition coefficient (Wildman–Crippen LogP) is 2.79. The van der Waals surface area contributed by atoms with E-state index in [1.807, 2.05) is 42.5 Å². The molecule has 2 aromatic carbocycles. The number of hydrogen-bond donors (Lipinski definition) is 0. The molecule has 5 rings (SSSR count). The smallest absolute Gasteiger partial charge is 0.250 e. The van der Waals surface area contributed by atoms with Crippen molar-refractivity contribution in [2.24, 2.45) is 0 Å². The Balaban J connectivity index is 1.29. The molecule has 0 spiro atoms. The summed E-state index contributed by atoms with van der Waals surface area (Å²) in [4.78, 5) is 5.82. The highest BCUT2D eigenvalue weighted by Crippen LogP contribution is 2.38. The minimum atomic E-state index is 0.231. The lowest BCUT2D eigenvalue weighted by atomic mass is 10.1. The van der Waals surface area contributed by atoms with Crippen LogP contribution in [0.4, 0.5) is 0 Å². The van der Waals surface area contributed by atoms with Crippen molar-refractivity contribution in [1.82, 2.24) is 30.3 Å². The van der Waals surface area contributed by atoms with E-state index in [4.69, 9.17) is 25.6 Å². The molecule has 4 aromatic rings. The van der Waals surface area contributed by atoms with Crippen LogP contribution in [0.25, 0.3) is 11.4 Å². The van der Waals surface area contributed by atoms with Gasteiger partial charge in [-0.1, -0.05) is 47.1 Å². The van der Waals surface area contributed by atoms with E-state index in [0.29, 0.717) is 53.7 Å². The number of ether oxygens (including phenoxy) is 2. The third-order valence-corrected chi connectivity index (χ3v) is 4.57. The molecule has 0 amide bonds. The van der Waals surface area contributed by atoms with Crippen molar-refractivity contribution in [2.75, 3.05) is 13.2 Å². The second-order valence-electron chi connectivity index (χ2n) is 6.39. The number of nitrogens with zero attached hydrogens (tertiary/aromatic N) is 6. The lowest BCUT2D eigenvalue weighted by molar-refractivity contribution is 0.171. The van der Waals surface area contributed by atoms with E-state index < -0.39 is 0 Å². The van der Waals surface area contributed by atoms with Crippen LogP contribution in [-0.2, 0) is 13.0 Å². The summed E-state index contributed by atoms with van der Waals surface area (Å²) in [5.74, 6) is 2.65. The van der Waals surface area contributed by atoms with Crippen LogP contribution in [-0.4, -0.2) is 43.6 Å². The first-order valence-corrected chi connectivity index (χ1v) is 9.35. The fourth-order valence-electron chi connectivity index (χ4n) is 3.01. The van der Waals surface area contributed by atoms with E-state index in [0.717, 1.165) is 11.1 Å². The highest BCUT2D eigenvalue weighted by molar-refractivity contribution is 6.32. The van der Waals surface area contributed by atoms with Crippen molar-refractivity contribution < 1.29 is 14.0 Å².